The highest BCUT2D eigenvalue weighted by Crippen LogP contribution is 2.20. The molecular formula is C14H28N2. The first-order valence-electron chi connectivity index (χ1n) is 6.94. The number of hydrogen-bond acceptors (Lipinski definition) is 2. The fourth-order valence-corrected chi connectivity index (χ4v) is 2.42. The summed E-state index contributed by atoms with van der Waals surface area (Å²) in [6.45, 7) is 7.87. The van der Waals surface area contributed by atoms with E-state index in [9.17, 15) is 0 Å². The molecule has 0 aromatic carbocycles. The van der Waals surface area contributed by atoms with Gasteiger partial charge >= 0.3 is 0 Å². The molecule has 16 heavy (non-hydrogen) atoms. The third-order valence-corrected chi connectivity index (χ3v) is 3.70. The summed E-state index contributed by atoms with van der Waals surface area (Å²) in [5.41, 5.74) is 7.80. The minimum absolute atomic E-state index is 0.304. The second-order valence-electron chi connectivity index (χ2n) is 4.80. The van der Waals surface area contributed by atoms with Crippen molar-refractivity contribution in [1.29, 1.82) is 0 Å². The van der Waals surface area contributed by atoms with Gasteiger partial charge in [-0.15, -0.1) is 0 Å². The fourth-order valence-electron chi connectivity index (χ4n) is 2.42. The van der Waals surface area contributed by atoms with E-state index in [1.54, 1.807) is 0 Å². The zero-order valence-electron chi connectivity index (χ0n) is 11.0. The number of nitrogens with two attached hydrogens (primary N) is 1. The maximum absolute atomic E-state index is 6.28. The van der Waals surface area contributed by atoms with Gasteiger partial charge in [-0.2, -0.15) is 0 Å². The van der Waals surface area contributed by atoms with Crippen molar-refractivity contribution in [1.82, 2.24) is 4.90 Å². The summed E-state index contributed by atoms with van der Waals surface area (Å²) in [7, 11) is 0. The van der Waals surface area contributed by atoms with Crippen LogP contribution in [0.15, 0.2) is 11.6 Å². The van der Waals surface area contributed by atoms with Crippen molar-refractivity contribution in [2.45, 2.75) is 58.4 Å². The van der Waals surface area contributed by atoms with Gasteiger partial charge < -0.3 is 10.6 Å². The molecule has 2 nitrogen and oxygen atoms in total. The first-order valence-corrected chi connectivity index (χ1v) is 6.94. The van der Waals surface area contributed by atoms with Crippen LogP contribution in [0.4, 0.5) is 0 Å². The molecule has 0 bridgehead atoms. The number of rotatable bonds is 6. The van der Waals surface area contributed by atoms with Gasteiger partial charge in [0.15, 0.2) is 0 Å². The lowest BCUT2D eigenvalue weighted by Crippen LogP contribution is -2.31. The SMILES string of the molecule is CCN(CC)CCC(N)C1=CCCCCC1. The molecule has 2 N–H and O–H groups in total. The van der Waals surface area contributed by atoms with E-state index in [-0.39, 0.29) is 0 Å². The van der Waals surface area contributed by atoms with Gasteiger partial charge in [-0.3, -0.25) is 0 Å². The van der Waals surface area contributed by atoms with Crippen molar-refractivity contribution >= 4 is 0 Å². The molecule has 1 atom stereocenters. The first kappa shape index (κ1) is 13.7. The zero-order valence-corrected chi connectivity index (χ0v) is 11.0. The Balaban J connectivity index is 2.32. The van der Waals surface area contributed by atoms with E-state index < -0.39 is 0 Å². The molecule has 0 aromatic heterocycles. The van der Waals surface area contributed by atoms with E-state index in [4.69, 9.17) is 5.73 Å². The van der Waals surface area contributed by atoms with Crippen LogP contribution in [0.25, 0.3) is 0 Å². The van der Waals surface area contributed by atoms with Crippen molar-refractivity contribution < 1.29 is 0 Å². The Morgan fingerprint density at radius 2 is 2.00 bits per heavy atom. The van der Waals surface area contributed by atoms with Gasteiger partial charge in [-0.1, -0.05) is 31.9 Å². The molecule has 0 heterocycles. The Morgan fingerprint density at radius 3 is 2.69 bits per heavy atom. The smallest absolute Gasteiger partial charge is 0.0265 e. The van der Waals surface area contributed by atoms with Gasteiger partial charge in [0.05, 0.1) is 0 Å². The lowest BCUT2D eigenvalue weighted by molar-refractivity contribution is 0.293. The standard InChI is InChI=1S/C14H28N2/c1-3-16(4-2)12-11-14(15)13-9-7-5-6-8-10-13/h9,14H,3-8,10-12,15H2,1-2H3. The zero-order chi connectivity index (χ0) is 11.8. The molecule has 94 valence electrons. The maximum Gasteiger partial charge on any atom is 0.0265 e. The van der Waals surface area contributed by atoms with Gasteiger partial charge in [-0.25, -0.2) is 0 Å². The van der Waals surface area contributed by atoms with Crippen LogP contribution < -0.4 is 5.73 Å². The van der Waals surface area contributed by atoms with Crippen LogP contribution in [0.3, 0.4) is 0 Å². The summed E-state index contributed by atoms with van der Waals surface area (Å²) < 4.78 is 0. The lowest BCUT2D eigenvalue weighted by atomic mass is 10.00. The molecule has 1 unspecified atom stereocenters. The third-order valence-electron chi connectivity index (χ3n) is 3.70. The minimum atomic E-state index is 0.304. The molecular weight excluding hydrogens is 196 g/mol. The van der Waals surface area contributed by atoms with E-state index in [0.717, 1.165) is 26.1 Å². The summed E-state index contributed by atoms with van der Waals surface area (Å²) in [6.07, 6.45) is 10.1. The Labute approximate surface area is 101 Å². The second kappa shape index (κ2) is 7.86. The Morgan fingerprint density at radius 1 is 1.25 bits per heavy atom. The molecule has 0 fully saturated rings. The minimum Gasteiger partial charge on any atom is -0.324 e. The average molecular weight is 224 g/mol. The molecule has 0 aromatic rings. The van der Waals surface area contributed by atoms with Gasteiger partial charge in [0, 0.05) is 6.04 Å². The van der Waals surface area contributed by atoms with E-state index in [2.05, 4.69) is 24.8 Å². The van der Waals surface area contributed by atoms with E-state index >= 15 is 0 Å². The number of hydrogen-bond donors (Lipinski definition) is 1. The molecule has 1 rings (SSSR count). The monoisotopic (exact) mass is 224 g/mol. The van der Waals surface area contributed by atoms with Crippen molar-refractivity contribution in [2.75, 3.05) is 19.6 Å². The van der Waals surface area contributed by atoms with Crippen LogP contribution in [0.2, 0.25) is 0 Å². The summed E-state index contributed by atoms with van der Waals surface area (Å²) in [6, 6.07) is 0.304. The number of nitrogens with zero attached hydrogens (tertiary/aromatic N) is 1. The molecule has 0 saturated heterocycles. The molecule has 0 saturated carbocycles. The molecule has 0 spiro atoms. The predicted octanol–water partition coefficient (Wildman–Crippen LogP) is 2.94. The third kappa shape index (κ3) is 4.67. The molecule has 0 aliphatic heterocycles. The van der Waals surface area contributed by atoms with Crippen molar-refractivity contribution in [3.63, 3.8) is 0 Å². The van der Waals surface area contributed by atoms with Crippen molar-refractivity contribution in [2.24, 2.45) is 5.73 Å². The summed E-state index contributed by atoms with van der Waals surface area (Å²) in [5, 5.41) is 0. The Bertz CT molecular complexity index is 207. The van der Waals surface area contributed by atoms with Gasteiger partial charge in [0.1, 0.15) is 0 Å². The van der Waals surface area contributed by atoms with Gasteiger partial charge in [-0.05, 0) is 51.7 Å². The fraction of sp³-hybridized carbons (Fsp3) is 0.857. The molecule has 2 heteroatoms. The van der Waals surface area contributed by atoms with Crippen LogP contribution in [-0.2, 0) is 0 Å². The van der Waals surface area contributed by atoms with E-state index in [1.807, 2.05) is 0 Å². The van der Waals surface area contributed by atoms with Crippen LogP contribution >= 0.6 is 0 Å². The molecule has 1 aliphatic carbocycles. The van der Waals surface area contributed by atoms with Crippen LogP contribution in [0.1, 0.15) is 52.4 Å². The van der Waals surface area contributed by atoms with Gasteiger partial charge in [0.25, 0.3) is 0 Å². The quantitative estimate of drug-likeness (QED) is 0.703. The van der Waals surface area contributed by atoms with Crippen LogP contribution in [-0.4, -0.2) is 30.6 Å². The van der Waals surface area contributed by atoms with E-state index in [0.29, 0.717) is 6.04 Å². The van der Waals surface area contributed by atoms with E-state index in [1.165, 1.54) is 37.7 Å². The highest BCUT2D eigenvalue weighted by Gasteiger charge is 2.12. The van der Waals surface area contributed by atoms with Crippen LogP contribution in [0.5, 0.6) is 0 Å². The van der Waals surface area contributed by atoms with Crippen LogP contribution in [0, 0.1) is 0 Å². The van der Waals surface area contributed by atoms with Crippen molar-refractivity contribution in [3.05, 3.63) is 11.6 Å². The topological polar surface area (TPSA) is 29.3 Å². The summed E-state index contributed by atoms with van der Waals surface area (Å²) in [5.74, 6) is 0. The first-order chi connectivity index (χ1) is 7.77. The van der Waals surface area contributed by atoms with Gasteiger partial charge in [0.2, 0.25) is 0 Å². The largest absolute Gasteiger partial charge is 0.324 e. The average Bonchev–Trinajstić information content (AvgIpc) is 2.58. The Hall–Kier alpha value is -0.340. The number of allylic oxidation sites excluding steroid dienone is 1. The highest BCUT2D eigenvalue weighted by atomic mass is 15.1. The normalized spacial score (nSPS) is 19.4. The highest BCUT2D eigenvalue weighted by molar-refractivity contribution is 5.11. The predicted molar refractivity (Wildman–Crippen MR) is 71.5 cm³/mol. The summed E-state index contributed by atoms with van der Waals surface area (Å²) in [4.78, 5) is 2.46. The molecule has 0 radical (unpaired) electrons. The lowest BCUT2D eigenvalue weighted by Gasteiger charge is -2.22. The summed E-state index contributed by atoms with van der Waals surface area (Å²) >= 11 is 0. The van der Waals surface area contributed by atoms with Crippen molar-refractivity contribution in [3.8, 4) is 0 Å². The molecule has 1 aliphatic rings. The second-order valence-corrected chi connectivity index (χ2v) is 4.80. The Kier molecular flexibility index (Phi) is 6.74. The maximum atomic E-state index is 6.28. The molecule has 0 amide bonds.